The molecule has 1 amide bonds. The van der Waals surface area contributed by atoms with Crippen molar-refractivity contribution in [2.24, 2.45) is 0 Å². The molecule has 0 aliphatic carbocycles. The van der Waals surface area contributed by atoms with E-state index in [-0.39, 0.29) is 0 Å². The normalized spacial score (nSPS) is 10.5. The number of hydrogen-bond acceptors (Lipinski definition) is 17. The molecule has 0 unspecified atom stereocenters. The van der Waals surface area contributed by atoms with Crippen molar-refractivity contribution in [3.05, 3.63) is 164 Å². The van der Waals surface area contributed by atoms with Crippen LogP contribution >= 0.6 is 63.7 Å². The quantitative estimate of drug-likeness (QED) is 0.0185. The molecule has 0 spiro atoms. The van der Waals surface area contributed by atoms with Crippen LogP contribution in [0.1, 0.15) is 46.5 Å². The third-order valence-corrected chi connectivity index (χ3v) is 14.4. The molecule has 0 saturated carbocycles. The number of fused-ring (bicyclic) bond motifs is 2. The van der Waals surface area contributed by atoms with Crippen molar-refractivity contribution in [2.45, 2.75) is 52.1 Å². The number of methoxy groups -OCH3 is 4. The van der Waals surface area contributed by atoms with E-state index in [1.807, 2.05) is 100 Å². The van der Waals surface area contributed by atoms with Gasteiger partial charge in [0.25, 0.3) is 0 Å². The number of anilines is 5. The highest BCUT2D eigenvalue weighted by molar-refractivity contribution is 9.11. The molecule has 8 rings (SSSR count). The predicted molar refractivity (Wildman–Crippen MR) is 378 cm³/mol. The van der Waals surface area contributed by atoms with Crippen LogP contribution in [-0.2, 0) is 23.7 Å². The van der Waals surface area contributed by atoms with Crippen LogP contribution in [0.25, 0.3) is 32.7 Å². The Morgan fingerprint density at radius 2 is 0.989 bits per heavy atom. The van der Waals surface area contributed by atoms with Gasteiger partial charge in [-0.15, -0.1) is 0 Å². The molecule has 8 aromatic rings. The Morgan fingerprint density at radius 3 is 1.40 bits per heavy atom. The maximum atomic E-state index is 11.9. The SMILES string of the molecule is Brc1ccc(Br)nc1.CC(C)(C)OC(=O)Nc1ccc(B(O)O)c2ccccc12.CNCCCOC.COCCCN(C)c1ccc(-c2ccc(N)c3ccccc23)cn1.COCCCN(C)c1ccc(Br)cn1.COCCCN(C)c1ccc(Br)cn1. The number of carbonyl (C=O) groups excluding carboxylic acids is 1. The van der Waals surface area contributed by atoms with Crippen LogP contribution in [0.4, 0.5) is 33.6 Å². The Kier molecular flexibility index (Phi) is 37.3. The summed E-state index contributed by atoms with van der Waals surface area (Å²) in [5, 5.41) is 28.1. The lowest BCUT2D eigenvalue weighted by Crippen LogP contribution is -2.31. The van der Waals surface area contributed by atoms with Gasteiger partial charge in [0.05, 0.1) is 5.69 Å². The third-order valence-electron chi connectivity index (χ3n) is 12.5. The molecule has 0 bridgehead atoms. The lowest BCUT2D eigenvalue weighted by molar-refractivity contribution is 0.0636. The Morgan fingerprint density at radius 1 is 0.545 bits per heavy atom. The second-order valence-electron chi connectivity index (χ2n) is 20.6. The van der Waals surface area contributed by atoms with Gasteiger partial charge in [-0.05, 0) is 206 Å². The van der Waals surface area contributed by atoms with Crippen LogP contribution in [0, 0.1) is 0 Å². The molecule has 476 valence electrons. The largest absolute Gasteiger partial charge is 0.489 e. The number of carbonyl (C=O) groups is 1. The van der Waals surface area contributed by atoms with Crippen LogP contribution in [0.15, 0.2) is 164 Å². The molecule has 6 N–H and O–H groups in total. The standard InChI is InChI=1S/C20H23N3O.C15H18BNO4.2C10H15BrN2O.C5H3Br2N.C5H13NO/c1-23(12-5-13-24-2)20-11-8-15(14-22-20)16-9-10-19(21)18-7-4-3-6-17(16)18;1-15(2,3)21-14(18)17-13-9-8-12(16(19)20)10-6-4-5-7-11(10)13;2*1-13(6-3-7-14-2)10-5-4-9(11)8-12-10;6-4-1-2-5(7)8-3-4;1-6-4-3-5-7-2/h3-4,6-11,14H,5,12-13,21H2,1-2H3;4-9,19-20H,1-3H3,(H,17,18);2*4-5,8H,3,6-7H2,1-2H3;1-3H;6H,3-5H2,1-2H3. The van der Waals surface area contributed by atoms with E-state index < -0.39 is 18.8 Å². The smallest absolute Gasteiger partial charge is 0.444 e. The zero-order chi connectivity index (χ0) is 64.9. The minimum Gasteiger partial charge on any atom is -0.444 e. The van der Waals surface area contributed by atoms with Crippen molar-refractivity contribution in [1.29, 1.82) is 0 Å². The van der Waals surface area contributed by atoms with E-state index in [2.05, 4.69) is 146 Å². The Bertz CT molecular complexity index is 3110. The van der Waals surface area contributed by atoms with Crippen molar-refractivity contribution >= 4 is 133 Å². The summed E-state index contributed by atoms with van der Waals surface area (Å²) >= 11 is 13.2. The molecule has 4 aromatic heterocycles. The lowest BCUT2D eigenvalue weighted by Gasteiger charge is -2.20. The fourth-order valence-electron chi connectivity index (χ4n) is 8.04. The molecule has 0 aliphatic rings. The second kappa shape index (κ2) is 43.0. The van der Waals surface area contributed by atoms with Crippen molar-refractivity contribution in [1.82, 2.24) is 25.3 Å². The molecule has 23 heteroatoms. The second-order valence-corrected chi connectivity index (χ2v) is 24.2. The number of nitrogen functional groups attached to an aromatic ring is 1. The molecule has 4 heterocycles. The van der Waals surface area contributed by atoms with Gasteiger partial charge >= 0.3 is 13.2 Å². The summed E-state index contributed by atoms with van der Waals surface area (Å²) in [7, 11) is 13.4. The van der Waals surface area contributed by atoms with Crippen molar-refractivity contribution < 1.29 is 38.5 Å². The highest BCUT2D eigenvalue weighted by Crippen LogP contribution is 2.32. The van der Waals surface area contributed by atoms with Crippen LogP contribution in [0.3, 0.4) is 0 Å². The molecule has 18 nitrogen and oxygen atoms in total. The summed E-state index contributed by atoms with van der Waals surface area (Å²) in [6.45, 7) is 12.5. The van der Waals surface area contributed by atoms with Gasteiger partial charge in [0, 0.05) is 156 Å². The zero-order valence-corrected chi connectivity index (χ0v) is 58.8. The average Bonchev–Trinajstić information content (AvgIpc) is 3.71. The van der Waals surface area contributed by atoms with E-state index >= 15 is 0 Å². The Balaban J connectivity index is 0.000000290. The molecular weight excluding hydrogens is 1380 g/mol. The number of nitrogens with zero attached hydrogens (tertiary/aromatic N) is 7. The molecule has 0 fully saturated rings. The number of aromatic nitrogens is 4. The summed E-state index contributed by atoms with van der Waals surface area (Å²) in [6, 6.07) is 38.6. The van der Waals surface area contributed by atoms with Gasteiger partial charge in [-0.2, -0.15) is 0 Å². The number of rotatable bonds is 22. The first-order valence-electron chi connectivity index (χ1n) is 28.5. The van der Waals surface area contributed by atoms with Crippen molar-refractivity contribution in [3.8, 4) is 11.1 Å². The highest BCUT2D eigenvalue weighted by atomic mass is 79.9. The van der Waals surface area contributed by atoms with E-state index in [4.69, 9.17) is 29.4 Å². The van der Waals surface area contributed by atoms with Gasteiger partial charge in [0.1, 0.15) is 27.7 Å². The first-order chi connectivity index (χ1) is 42.2. The van der Waals surface area contributed by atoms with Gasteiger partial charge in [-0.3, -0.25) is 5.32 Å². The number of benzene rings is 4. The fraction of sp³-hybridized carbons (Fsp3) is 0.369. The van der Waals surface area contributed by atoms with E-state index in [9.17, 15) is 14.8 Å². The molecule has 0 atom stereocenters. The predicted octanol–water partition coefficient (Wildman–Crippen LogP) is 13.3. The maximum absolute atomic E-state index is 11.9. The summed E-state index contributed by atoms with van der Waals surface area (Å²) in [5.41, 5.74) is 9.51. The van der Waals surface area contributed by atoms with Gasteiger partial charge in [0.2, 0.25) is 0 Å². The maximum Gasteiger partial charge on any atom is 0.489 e. The number of nitrogens with one attached hydrogen (secondary N) is 2. The van der Waals surface area contributed by atoms with Gasteiger partial charge in [0.15, 0.2) is 0 Å². The number of nitrogens with two attached hydrogens (primary N) is 1. The number of halogens is 4. The molecule has 0 aliphatic heterocycles. The minimum absolute atomic E-state index is 0.389. The number of hydrogen-bond donors (Lipinski definition) is 5. The number of pyridine rings is 4. The summed E-state index contributed by atoms with van der Waals surface area (Å²) in [4.78, 5) is 35.4. The Labute approximate surface area is 555 Å². The van der Waals surface area contributed by atoms with Crippen LogP contribution in [-0.4, -0.2) is 158 Å². The summed E-state index contributed by atoms with van der Waals surface area (Å²) in [5.74, 6) is 2.95. The topological polar surface area (TPSA) is 215 Å². The van der Waals surface area contributed by atoms with E-state index in [0.717, 1.165) is 141 Å². The highest BCUT2D eigenvalue weighted by Gasteiger charge is 2.20. The number of ether oxygens (including phenoxy) is 5. The first kappa shape index (κ1) is 76.4. The van der Waals surface area contributed by atoms with E-state index in [0.29, 0.717) is 21.9 Å². The van der Waals surface area contributed by atoms with Crippen LogP contribution in [0.2, 0.25) is 0 Å². The first-order valence-corrected chi connectivity index (χ1v) is 31.7. The zero-order valence-electron chi connectivity index (χ0n) is 52.5. The minimum atomic E-state index is -1.56. The van der Waals surface area contributed by atoms with Crippen LogP contribution in [0.5, 0.6) is 0 Å². The summed E-state index contributed by atoms with van der Waals surface area (Å²) in [6.07, 6.45) is 10.9. The Hall–Kier alpha value is -5.83. The number of amides is 1. The van der Waals surface area contributed by atoms with Crippen molar-refractivity contribution in [3.63, 3.8) is 0 Å². The fourth-order valence-corrected chi connectivity index (χ4v) is 8.97. The van der Waals surface area contributed by atoms with Gasteiger partial charge < -0.3 is 59.5 Å². The molecule has 0 saturated heterocycles. The van der Waals surface area contributed by atoms with Crippen molar-refractivity contribution in [2.75, 3.05) is 135 Å². The van der Waals surface area contributed by atoms with Crippen LogP contribution < -0.4 is 36.5 Å². The third kappa shape index (κ3) is 29.7. The molecule has 0 radical (unpaired) electrons. The van der Waals surface area contributed by atoms with Gasteiger partial charge in [-0.1, -0.05) is 60.7 Å². The molecular formula is C65H87BBr4N10O8. The monoisotopic (exact) mass is 1460 g/mol. The summed E-state index contributed by atoms with van der Waals surface area (Å²) < 4.78 is 29.0. The average molecular weight is 1470 g/mol. The van der Waals surface area contributed by atoms with E-state index in [1.54, 1.807) is 85.7 Å². The molecule has 88 heavy (non-hydrogen) atoms. The van der Waals surface area contributed by atoms with E-state index in [1.165, 1.54) is 0 Å². The lowest BCUT2D eigenvalue weighted by atomic mass is 9.77. The van der Waals surface area contributed by atoms with Gasteiger partial charge in [-0.25, -0.2) is 24.7 Å². The molecule has 4 aromatic carbocycles.